The summed E-state index contributed by atoms with van der Waals surface area (Å²) in [6, 6.07) is 17.9. The first kappa shape index (κ1) is 23.1. The van der Waals surface area contributed by atoms with Crippen molar-refractivity contribution in [2.45, 2.75) is 20.0 Å². The number of guanidine groups is 1. The Bertz CT molecular complexity index is 1090. The molecule has 32 heavy (non-hydrogen) atoms. The molecule has 0 aliphatic heterocycles. The molecule has 1 amide bonds. The summed E-state index contributed by atoms with van der Waals surface area (Å²) in [4.78, 5) is 25.1. The van der Waals surface area contributed by atoms with Crippen LogP contribution < -0.4 is 15.5 Å². The van der Waals surface area contributed by atoms with Gasteiger partial charge in [-0.2, -0.15) is 0 Å². The number of nitrogens with zero attached hydrogens (tertiary/aromatic N) is 4. The zero-order chi connectivity index (χ0) is 23.1. The number of aliphatic imine (C=N–C) groups is 1. The van der Waals surface area contributed by atoms with E-state index in [0.717, 1.165) is 40.4 Å². The van der Waals surface area contributed by atoms with Crippen molar-refractivity contribution >= 4 is 28.6 Å². The number of aromatic nitrogens is 1. The maximum absolute atomic E-state index is 12.1. The summed E-state index contributed by atoms with van der Waals surface area (Å²) in [6.07, 6.45) is 0. The van der Waals surface area contributed by atoms with Gasteiger partial charge in [0.15, 0.2) is 5.96 Å². The summed E-state index contributed by atoms with van der Waals surface area (Å²) < 4.78 is 0. The average Bonchev–Trinajstić information content (AvgIpc) is 2.80. The molecule has 0 bridgehead atoms. The van der Waals surface area contributed by atoms with Gasteiger partial charge in [0, 0.05) is 52.2 Å². The van der Waals surface area contributed by atoms with Crippen molar-refractivity contribution in [2.24, 2.45) is 4.99 Å². The molecule has 0 atom stereocenters. The third kappa shape index (κ3) is 5.75. The highest BCUT2D eigenvalue weighted by molar-refractivity contribution is 5.93. The topological polar surface area (TPSA) is 72.9 Å². The van der Waals surface area contributed by atoms with Crippen LogP contribution in [-0.2, 0) is 13.1 Å². The molecule has 7 heteroatoms. The van der Waals surface area contributed by atoms with Crippen molar-refractivity contribution in [1.82, 2.24) is 20.5 Å². The minimum absolute atomic E-state index is 0.00303. The quantitative estimate of drug-likeness (QED) is 0.443. The van der Waals surface area contributed by atoms with Gasteiger partial charge in [-0.15, -0.1) is 0 Å². The van der Waals surface area contributed by atoms with Gasteiger partial charge in [-0.3, -0.25) is 4.79 Å². The molecule has 1 heterocycles. The molecule has 1 aromatic heterocycles. The molecule has 2 N–H and O–H groups in total. The summed E-state index contributed by atoms with van der Waals surface area (Å²) in [5.74, 6) is 1.67. The summed E-state index contributed by atoms with van der Waals surface area (Å²) >= 11 is 0. The van der Waals surface area contributed by atoms with E-state index in [-0.39, 0.29) is 5.91 Å². The fraction of sp³-hybridized carbons (Fsp3) is 0.320. The molecular formula is C25H32N6O. The lowest BCUT2D eigenvalue weighted by Crippen LogP contribution is -2.36. The van der Waals surface area contributed by atoms with Crippen LogP contribution in [-0.4, -0.2) is 56.5 Å². The molecule has 0 saturated carbocycles. The van der Waals surface area contributed by atoms with E-state index in [1.807, 2.05) is 68.4 Å². The highest BCUT2D eigenvalue weighted by Gasteiger charge is 2.09. The molecule has 3 rings (SSSR count). The maximum Gasteiger partial charge on any atom is 0.253 e. The molecule has 0 spiro atoms. The van der Waals surface area contributed by atoms with E-state index < -0.39 is 0 Å². The molecule has 0 radical (unpaired) electrons. The van der Waals surface area contributed by atoms with E-state index in [0.29, 0.717) is 18.7 Å². The first-order valence-electron chi connectivity index (χ1n) is 10.8. The van der Waals surface area contributed by atoms with Crippen LogP contribution in [0.5, 0.6) is 0 Å². The van der Waals surface area contributed by atoms with Gasteiger partial charge < -0.3 is 20.4 Å². The number of nitrogens with one attached hydrogen (secondary N) is 2. The van der Waals surface area contributed by atoms with Crippen LogP contribution in [0.3, 0.4) is 0 Å². The molecule has 0 aliphatic carbocycles. The van der Waals surface area contributed by atoms with Crippen molar-refractivity contribution in [1.29, 1.82) is 0 Å². The summed E-state index contributed by atoms with van der Waals surface area (Å²) in [6.45, 7) is 3.96. The van der Waals surface area contributed by atoms with Gasteiger partial charge in [-0.1, -0.05) is 30.3 Å². The SMILES string of the molecule is CCNC(=NCc1ccc(C(=O)N(C)C)cc1)NCc1cc(N(C)C)nc2ccccc12. The van der Waals surface area contributed by atoms with Crippen molar-refractivity contribution < 1.29 is 4.79 Å². The van der Waals surface area contributed by atoms with Gasteiger partial charge >= 0.3 is 0 Å². The Morgan fingerprint density at radius 1 is 1.00 bits per heavy atom. The summed E-state index contributed by atoms with van der Waals surface area (Å²) in [5, 5.41) is 7.87. The van der Waals surface area contributed by atoms with Crippen LogP contribution >= 0.6 is 0 Å². The van der Waals surface area contributed by atoms with Crippen molar-refractivity contribution in [3.05, 3.63) is 71.3 Å². The van der Waals surface area contributed by atoms with E-state index in [9.17, 15) is 4.79 Å². The van der Waals surface area contributed by atoms with Gasteiger partial charge in [-0.05, 0) is 42.3 Å². The first-order valence-corrected chi connectivity index (χ1v) is 10.8. The van der Waals surface area contributed by atoms with Crippen LogP contribution in [0.1, 0.15) is 28.4 Å². The molecule has 0 fully saturated rings. The van der Waals surface area contributed by atoms with Crippen molar-refractivity contribution in [3.8, 4) is 0 Å². The molecule has 3 aromatic rings. The molecular weight excluding hydrogens is 400 g/mol. The van der Waals surface area contributed by atoms with Gasteiger partial charge in [-0.25, -0.2) is 9.98 Å². The second-order valence-corrected chi connectivity index (χ2v) is 8.00. The number of rotatable bonds is 7. The minimum atomic E-state index is -0.00303. The number of carbonyl (C=O) groups excluding carboxylic acids is 1. The van der Waals surface area contributed by atoms with Crippen LogP contribution in [0.15, 0.2) is 59.6 Å². The predicted molar refractivity (Wildman–Crippen MR) is 132 cm³/mol. The Balaban J connectivity index is 1.74. The smallest absolute Gasteiger partial charge is 0.253 e. The number of para-hydroxylation sites is 1. The fourth-order valence-electron chi connectivity index (χ4n) is 3.31. The molecule has 2 aromatic carbocycles. The number of carbonyl (C=O) groups is 1. The summed E-state index contributed by atoms with van der Waals surface area (Å²) in [7, 11) is 7.50. The first-order chi connectivity index (χ1) is 15.4. The Morgan fingerprint density at radius 3 is 2.38 bits per heavy atom. The zero-order valence-corrected chi connectivity index (χ0v) is 19.5. The standard InChI is InChI=1S/C25H32N6O/c1-6-26-25(27-16-18-11-13-19(14-12-18)24(32)31(4)5)28-17-20-15-23(30(2)3)29-22-10-8-7-9-21(20)22/h7-15H,6,16-17H2,1-5H3,(H2,26,27,28). The van der Waals surface area contributed by atoms with Crippen LogP contribution in [0, 0.1) is 0 Å². The Kier molecular flexibility index (Phi) is 7.65. The van der Waals surface area contributed by atoms with E-state index in [4.69, 9.17) is 9.98 Å². The molecule has 168 valence electrons. The number of hydrogen-bond donors (Lipinski definition) is 2. The fourth-order valence-corrected chi connectivity index (χ4v) is 3.31. The predicted octanol–water partition coefficient (Wildman–Crippen LogP) is 3.26. The van der Waals surface area contributed by atoms with E-state index in [1.54, 1.807) is 19.0 Å². The second kappa shape index (κ2) is 10.6. The second-order valence-electron chi connectivity index (χ2n) is 8.00. The molecule has 7 nitrogen and oxygen atoms in total. The van der Waals surface area contributed by atoms with Crippen LogP contribution in [0.25, 0.3) is 10.9 Å². The Hall–Kier alpha value is -3.61. The highest BCUT2D eigenvalue weighted by atomic mass is 16.2. The third-order valence-corrected chi connectivity index (χ3v) is 5.06. The van der Waals surface area contributed by atoms with Crippen molar-refractivity contribution in [3.63, 3.8) is 0 Å². The zero-order valence-electron chi connectivity index (χ0n) is 19.5. The van der Waals surface area contributed by atoms with Crippen LogP contribution in [0.2, 0.25) is 0 Å². The normalized spacial score (nSPS) is 11.3. The van der Waals surface area contributed by atoms with Crippen molar-refractivity contribution in [2.75, 3.05) is 39.6 Å². The van der Waals surface area contributed by atoms with E-state index in [2.05, 4.69) is 22.8 Å². The number of hydrogen-bond acceptors (Lipinski definition) is 4. The molecule has 0 saturated heterocycles. The Labute approximate surface area is 190 Å². The largest absolute Gasteiger partial charge is 0.363 e. The highest BCUT2D eigenvalue weighted by Crippen LogP contribution is 2.22. The summed E-state index contributed by atoms with van der Waals surface area (Å²) in [5.41, 5.74) is 3.86. The number of benzene rings is 2. The maximum atomic E-state index is 12.1. The number of pyridine rings is 1. The molecule has 0 aliphatic rings. The lowest BCUT2D eigenvalue weighted by Gasteiger charge is -2.17. The van der Waals surface area contributed by atoms with Gasteiger partial charge in [0.2, 0.25) is 0 Å². The van der Waals surface area contributed by atoms with E-state index in [1.165, 1.54) is 0 Å². The monoisotopic (exact) mass is 432 g/mol. The van der Waals surface area contributed by atoms with Gasteiger partial charge in [0.1, 0.15) is 5.82 Å². The number of fused-ring (bicyclic) bond motifs is 1. The number of amides is 1. The average molecular weight is 433 g/mol. The lowest BCUT2D eigenvalue weighted by molar-refractivity contribution is 0.0827. The van der Waals surface area contributed by atoms with Gasteiger partial charge in [0.25, 0.3) is 5.91 Å². The Morgan fingerprint density at radius 2 is 1.72 bits per heavy atom. The lowest BCUT2D eigenvalue weighted by atomic mass is 10.1. The minimum Gasteiger partial charge on any atom is -0.363 e. The third-order valence-electron chi connectivity index (χ3n) is 5.06. The number of anilines is 1. The molecule has 0 unspecified atom stereocenters. The van der Waals surface area contributed by atoms with Crippen LogP contribution in [0.4, 0.5) is 5.82 Å². The van der Waals surface area contributed by atoms with Gasteiger partial charge in [0.05, 0.1) is 12.1 Å². The van der Waals surface area contributed by atoms with E-state index >= 15 is 0 Å².